The van der Waals surface area contributed by atoms with Gasteiger partial charge in [-0.1, -0.05) is 83.8 Å². The Bertz CT molecular complexity index is 526. The maximum Gasteiger partial charge on any atom is 1.00 e. The Hall–Kier alpha value is 0.130. The fraction of sp³-hybridized carbons (Fsp3) is 0.684. The minimum atomic E-state index is -4.33. The van der Waals surface area contributed by atoms with Gasteiger partial charge in [-0.15, -0.1) is 0 Å². The summed E-state index contributed by atoms with van der Waals surface area (Å²) in [5, 5.41) is 0. The molecule has 0 N–H and O–H groups in total. The Morgan fingerprint density at radius 2 is 1.46 bits per heavy atom. The van der Waals surface area contributed by atoms with Gasteiger partial charge in [-0.25, -0.2) is 8.42 Å². The molecule has 24 heavy (non-hydrogen) atoms. The van der Waals surface area contributed by atoms with Crippen LogP contribution in [0, 0.1) is 5.92 Å². The molecule has 0 heterocycles. The molecule has 0 radical (unpaired) electrons. The van der Waals surface area contributed by atoms with Crippen LogP contribution in [0.2, 0.25) is 0 Å². The summed E-state index contributed by atoms with van der Waals surface area (Å²) in [6, 6.07) is 6.44. The molecule has 1 aromatic carbocycles. The largest absolute Gasteiger partial charge is 1.00 e. The molecule has 132 valence electrons. The standard InChI is InChI=1S/C19H32O3S.Na/c1-3-5-6-7-8-9-11-17(10-4-2)16-18-12-14-19(15-13-18)23(20,21)22;/h12-15,17H,3-11,16H2,1-2H3,(H,20,21,22);/q;+1/p-1. The predicted octanol–water partition coefficient (Wildman–Crippen LogP) is 2.30. The maximum atomic E-state index is 11.0. The molecule has 0 aliphatic heterocycles. The topological polar surface area (TPSA) is 57.2 Å². The first-order valence-corrected chi connectivity index (χ1v) is 10.4. The van der Waals surface area contributed by atoms with Crippen LogP contribution in [0.4, 0.5) is 0 Å². The van der Waals surface area contributed by atoms with Crippen molar-refractivity contribution in [3.63, 3.8) is 0 Å². The Labute approximate surface area is 170 Å². The number of hydrogen-bond donors (Lipinski definition) is 0. The van der Waals surface area contributed by atoms with Crippen molar-refractivity contribution >= 4 is 10.1 Å². The Kier molecular flexibility index (Phi) is 13.4. The first-order valence-electron chi connectivity index (χ1n) is 9.02. The van der Waals surface area contributed by atoms with Gasteiger partial charge in [0.15, 0.2) is 0 Å². The molecule has 5 heteroatoms. The molecule has 0 aliphatic carbocycles. The van der Waals surface area contributed by atoms with E-state index in [9.17, 15) is 13.0 Å². The third-order valence-electron chi connectivity index (χ3n) is 4.40. The third kappa shape index (κ3) is 10.2. The van der Waals surface area contributed by atoms with Crippen LogP contribution in [0.15, 0.2) is 29.2 Å². The summed E-state index contributed by atoms with van der Waals surface area (Å²) in [5.41, 5.74) is 1.13. The van der Waals surface area contributed by atoms with Gasteiger partial charge >= 0.3 is 29.6 Å². The van der Waals surface area contributed by atoms with Crippen LogP contribution in [-0.4, -0.2) is 13.0 Å². The van der Waals surface area contributed by atoms with Crippen molar-refractivity contribution < 1.29 is 42.5 Å². The van der Waals surface area contributed by atoms with Crippen LogP contribution in [0.1, 0.15) is 77.2 Å². The van der Waals surface area contributed by atoms with E-state index in [0.29, 0.717) is 5.92 Å². The summed E-state index contributed by atoms with van der Waals surface area (Å²) in [5.74, 6) is 0.654. The minimum Gasteiger partial charge on any atom is -0.744 e. The molecule has 0 saturated heterocycles. The summed E-state index contributed by atoms with van der Waals surface area (Å²) < 4.78 is 32.9. The zero-order valence-corrected chi connectivity index (χ0v) is 18.4. The molecule has 1 atom stereocenters. The van der Waals surface area contributed by atoms with Gasteiger partial charge in [-0.2, -0.15) is 0 Å². The molecule has 0 aromatic heterocycles. The summed E-state index contributed by atoms with van der Waals surface area (Å²) in [6.45, 7) is 4.45. The van der Waals surface area contributed by atoms with Crippen LogP contribution in [0.5, 0.6) is 0 Å². The average Bonchev–Trinajstić information content (AvgIpc) is 2.50. The van der Waals surface area contributed by atoms with Crippen molar-refractivity contribution in [3.05, 3.63) is 29.8 Å². The first-order chi connectivity index (χ1) is 11.0. The van der Waals surface area contributed by atoms with Crippen molar-refractivity contribution in [1.29, 1.82) is 0 Å². The maximum absolute atomic E-state index is 11.0. The normalized spacial score (nSPS) is 12.6. The molecule has 0 bridgehead atoms. The van der Waals surface area contributed by atoms with E-state index >= 15 is 0 Å². The molecule has 0 amide bonds. The number of rotatable bonds is 12. The molecule has 1 rings (SSSR count). The number of unbranched alkanes of at least 4 members (excludes halogenated alkanes) is 5. The van der Waals surface area contributed by atoms with E-state index in [2.05, 4.69) is 13.8 Å². The summed E-state index contributed by atoms with van der Waals surface area (Å²) in [6.07, 6.45) is 12.5. The van der Waals surface area contributed by atoms with Crippen molar-refractivity contribution in [1.82, 2.24) is 0 Å². The van der Waals surface area contributed by atoms with Gasteiger partial charge in [0.25, 0.3) is 0 Å². The Morgan fingerprint density at radius 3 is 2.00 bits per heavy atom. The van der Waals surface area contributed by atoms with E-state index in [0.717, 1.165) is 12.0 Å². The van der Waals surface area contributed by atoms with Crippen molar-refractivity contribution in [2.24, 2.45) is 5.92 Å². The summed E-state index contributed by atoms with van der Waals surface area (Å²) in [4.78, 5) is -0.135. The van der Waals surface area contributed by atoms with Crippen molar-refractivity contribution in [2.45, 2.75) is 83.0 Å². The smallest absolute Gasteiger partial charge is 0.744 e. The van der Waals surface area contributed by atoms with Gasteiger partial charge in [0, 0.05) is 0 Å². The zero-order chi connectivity index (χ0) is 17.1. The molecule has 0 aliphatic rings. The van der Waals surface area contributed by atoms with Gasteiger partial charge in [-0.05, 0) is 30.0 Å². The molecule has 0 spiro atoms. The fourth-order valence-corrected chi connectivity index (χ4v) is 3.57. The molecule has 0 saturated carbocycles. The monoisotopic (exact) mass is 362 g/mol. The third-order valence-corrected chi connectivity index (χ3v) is 5.25. The second-order valence-electron chi connectivity index (χ2n) is 6.51. The molecule has 1 aromatic rings. The first kappa shape index (κ1) is 24.1. The van der Waals surface area contributed by atoms with E-state index in [4.69, 9.17) is 0 Å². The Balaban J connectivity index is 0.00000529. The predicted molar refractivity (Wildman–Crippen MR) is 94.5 cm³/mol. The second kappa shape index (κ2) is 13.3. The zero-order valence-electron chi connectivity index (χ0n) is 15.6. The van der Waals surface area contributed by atoms with Crippen LogP contribution in [-0.2, 0) is 16.5 Å². The van der Waals surface area contributed by atoms with Gasteiger partial charge < -0.3 is 4.55 Å². The van der Waals surface area contributed by atoms with E-state index in [1.165, 1.54) is 69.9 Å². The van der Waals surface area contributed by atoms with Crippen LogP contribution >= 0.6 is 0 Å². The van der Waals surface area contributed by atoms with Gasteiger partial charge in [0.2, 0.25) is 0 Å². The SMILES string of the molecule is CCCCCCCCC(CCC)Cc1ccc(S(=O)(=O)[O-])cc1.[Na+]. The minimum absolute atomic E-state index is 0. The quantitative estimate of drug-likeness (QED) is 0.326. The van der Waals surface area contributed by atoms with Gasteiger partial charge in [0.05, 0.1) is 4.90 Å². The number of hydrogen-bond acceptors (Lipinski definition) is 3. The number of benzene rings is 1. The molecule has 3 nitrogen and oxygen atoms in total. The fourth-order valence-electron chi connectivity index (χ4n) is 3.10. The second-order valence-corrected chi connectivity index (χ2v) is 7.89. The van der Waals surface area contributed by atoms with E-state index in [-0.39, 0.29) is 34.5 Å². The average molecular weight is 363 g/mol. The summed E-state index contributed by atoms with van der Waals surface area (Å²) >= 11 is 0. The van der Waals surface area contributed by atoms with Crippen molar-refractivity contribution in [3.8, 4) is 0 Å². The molecule has 1 unspecified atom stereocenters. The molecular weight excluding hydrogens is 331 g/mol. The van der Waals surface area contributed by atoms with Gasteiger partial charge in [-0.3, -0.25) is 0 Å². The van der Waals surface area contributed by atoms with Crippen molar-refractivity contribution in [2.75, 3.05) is 0 Å². The van der Waals surface area contributed by atoms with Crippen LogP contribution < -0.4 is 29.6 Å². The van der Waals surface area contributed by atoms with Gasteiger partial charge in [0.1, 0.15) is 10.1 Å². The van der Waals surface area contributed by atoms with Crippen LogP contribution in [0.25, 0.3) is 0 Å². The molecular formula is C19H31NaO3S. The molecule has 0 fully saturated rings. The Morgan fingerprint density at radius 1 is 0.875 bits per heavy atom. The van der Waals surface area contributed by atoms with E-state index in [1.807, 2.05) is 0 Å². The van der Waals surface area contributed by atoms with Crippen LogP contribution in [0.3, 0.4) is 0 Å². The van der Waals surface area contributed by atoms with E-state index < -0.39 is 10.1 Å². The van der Waals surface area contributed by atoms with E-state index in [1.54, 1.807) is 12.1 Å². The summed E-state index contributed by atoms with van der Waals surface area (Å²) in [7, 11) is -4.33.